The normalized spacial score (nSPS) is 20.7. The molecule has 0 unspecified atom stereocenters. The molecule has 0 radical (unpaired) electrons. The van der Waals surface area contributed by atoms with Crippen molar-refractivity contribution in [1.29, 1.82) is 0 Å². The molecule has 2 aliphatic rings. The highest BCUT2D eigenvalue weighted by molar-refractivity contribution is 6.33. The number of pyridine rings is 1. The minimum Gasteiger partial charge on any atom is -0.443 e. The van der Waals surface area contributed by atoms with E-state index < -0.39 is 0 Å². The van der Waals surface area contributed by atoms with Crippen LogP contribution in [0.4, 0.5) is 5.82 Å². The minimum absolute atomic E-state index is 0.508. The summed E-state index contributed by atoms with van der Waals surface area (Å²) in [5, 5.41) is 1.46. The Labute approximate surface area is 211 Å². The number of hydrogen-bond donors (Lipinski definition) is 0. The lowest BCUT2D eigenvalue weighted by Crippen LogP contribution is -2.58. The Balaban J connectivity index is 1.18. The number of halogens is 2. The first-order valence-electron chi connectivity index (χ1n) is 12.1. The van der Waals surface area contributed by atoms with Gasteiger partial charge in [0.1, 0.15) is 5.82 Å². The van der Waals surface area contributed by atoms with Crippen molar-refractivity contribution in [2.75, 3.05) is 37.6 Å². The largest absolute Gasteiger partial charge is 0.443 e. The second-order valence-corrected chi connectivity index (χ2v) is 10.1. The molecule has 1 aromatic carbocycles. The fourth-order valence-corrected chi connectivity index (χ4v) is 5.73. The van der Waals surface area contributed by atoms with Gasteiger partial charge < -0.3 is 9.32 Å². The Kier molecular flexibility index (Phi) is 7.40. The van der Waals surface area contributed by atoms with Gasteiger partial charge in [0.15, 0.2) is 12.2 Å². The summed E-state index contributed by atoms with van der Waals surface area (Å²) in [5.41, 5.74) is 2.18. The summed E-state index contributed by atoms with van der Waals surface area (Å²) in [5.74, 6) is 1.54. The van der Waals surface area contributed by atoms with E-state index in [0.717, 1.165) is 62.1 Å². The maximum atomic E-state index is 6.65. The van der Waals surface area contributed by atoms with Gasteiger partial charge in [0.05, 0.1) is 11.2 Å². The number of rotatable bonds is 6. The van der Waals surface area contributed by atoms with Gasteiger partial charge in [-0.05, 0) is 56.1 Å². The van der Waals surface area contributed by atoms with E-state index in [9.17, 15) is 0 Å². The molecule has 5 rings (SSSR count). The molecule has 3 aromatic rings. The minimum atomic E-state index is 0.508. The number of benzene rings is 1. The molecule has 0 aliphatic carbocycles. The SMILES string of the molecule is CC[C@H]1CN(c2ncc(-c3cnco3)cc2Cl)CCN1C1CCN(Cc2ccc(Cl)cc2)CC1. The van der Waals surface area contributed by atoms with Crippen LogP contribution in [0.3, 0.4) is 0 Å². The fraction of sp³-hybridized carbons (Fsp3) is 0.462. The first-order valence-corrected chi connectivity index (χ1v) is 12.9. The summed E-state index contributed by atoms with van der Waals surface area (Å²) in [6.45, 7) is 8.51. The topological polar surface area (TPSA) is 48.6 Å². The van der Waals surface area contributed by atoms with E-state index in [0.29, 0.717) is 22.9 Å². The molecule has 1 atom stereocenters. The third-order valence-electron chi connectivity index (χ3n) is 7.18. The number of likely N-dealkylation sites (tertiary alicyclic amines) is 1. The average Bonchev–Trinajstić information content (AvgIpc) is 3.41. The van der Waals surface area contributed by atoms with Gasteiger partial charge in [0, 0.05) is 55.0 Å². The molecule has 8 heteroatoms. The van der Waals surface area contributed by atoms with Crippen molar-refractivity contribution in [3.05, 3.63) is 64.7 Å². The molecule has 0 amide bonds. The van der Waals surface area contributed by atoms with E-state index in [1.54, 1.807) is 6.20 Å². The van der Waals surface area contributed by atoms with Gasteiger partial charge in [-0.3, -0.25) is 9.80 Å². The molecule has 2 saturated heterocycles. The average molecular weight is 500 g/mol. The van der Waals surface area contributed by atoms with Crippen LogP contribution in [0.1, 0.15) is 31.7 Å². The Morgan fingerprint density at radius 2 is 1.82 bits per heavy atom. The van der Waals surface area contributed by atoms with Crippen LogP contribution in [-0.4, -0.2) is 64.6 Å². The van der Waals surface area contributed by atoms with Crippen molar-refractivity contribution >= 4 is 29.0 Å². The molecular formula is C26H31Cl2N5O. The molecule has 2 aromatic heterocycles. The van der Waals surface area contributed by atoms with E-state index in [4.69, 9.17) is 32.6 Å². The Hall–Kier alpha value is -2.12. The zero-order valence-corrected chi connectivity index (χ0v) is 21.0. The van der Waals surface area contributed by atoms with Crippen LogP contribution in [0.25, 0.3) is 11.3 Å². The van der Waals surface area contributed by atoms with Gasteiger partial charge in [0.2, 0.25) is 0 Å². The number of hydrogen-bond acceptors (Lipinski definition) is 6. The van der Waals surface area contributed by atoms with Gasteiger partial charge >= 0.3 is 0 Å². The highest BCUT2D eigenvalue weighted by Crippen LogP contribution is 2.32. The number of aromatic nitrogens is 2. The number of oxazole rings is 1. The van der Waals surface area contributed by atoms with Gasteiger partial charge in [-0.25, -0.2) is 9.97 Å². The zero-order chi connectivity index (χ0) is 23.5. The predicted octanol–water partition coefficient (Wildman–Crippen LogP) is 5.61. The summed E-state index contributed by atoms with van der Waals surface area (Å²) >= 11 is 12.7. The molecule has 34 heavy (non-hydrogen) atoms. The fourth-order valence-electron chi connectivity index (χ4n) is 5.32. The Morgan fingerprint density at radius 1 is 1.03 bits per heavy atom. The first-order chi connectivity index (χ1) is 16.6. The smallest absolute Gasteiger partial charge is 0.181 e. The molecule has 0 N–H and O–H groups in total. The van der Waals surface area contributed by atoms with Gasteiger partial charge in [-0.15, -0.1) is 0 Å². The third-order valence-corrected chi connectivity index (χ3v) is 7.71. The first kappa shape index (κ1) is 23.6. The van der Waals surface area contributed by atoms with Gasteiger partial charge in [-0.1, -0.05) is 42.3 Å². The summed E-state index contributed by atoms with van der Waals surface area (Å²) in [4.78, 5) is 16.3. The van der Waals surface area contributed by atoms with Crippen LogP contribution in [0.2, 0.25) is 10.0 Å². The maximum absolute atomic E-state index is 6.65. The second-order valence-electron chi connectivity index (χ2n) is 9.27. The van der Waals surface area contributed by atoms with Crippen LogP contribution >= 0.6 is 23.2 Å². The monoisotopic (exact) mass is 499 g/mol. The summed E-state index contributed by atoms with van der Waals surface area (Å²) < 4.78 is 5.38. The molecule has 2 aliphatic heterocycles. The second kappa shape index (κ2) is 10.6. The van der Waals surface area contributed by atoms with Gasteiger partial charge in [-0.2, -0.15) is 0 Å². The molecular weight excluding hydrogens is 469 g/mol. The highest BCUT2D eigenvalue weighted by Gasteiger charge is 2.34. The zero-order valence-electron chi connectivity index (χ0n) is 19.5. The molecule has 0 saturated carbocycles. The van der Waals surface area contributed by atoms with Crippen LogP contribution in [0.15, 0.2) is 53.5 Å². The van der Waals surface area contributed by atoms with Crippen LogP contribution < -0.4 is 4.90 Å². The highest BCUT2D eigenvalue weighted by atomic mass is 35.5. The van der Waals surface area contributed by atoms with Crippen molar-refractivity contribution in [3.8, 4) is 11.3 Å². The quantitative estimate of drug-likeness (QED) is 0.439. The third kappa shape index (κ3) is 5.25. The van der Waals surface area contributed by atoms with Crippen LogP contribution in [-0.2, 0) is 6.54 Å². The lowest BCUT2D eigenvalue weighted by Gasteiger charge is -2.47. The lowest BCUT2D eigenvalue weighted by molar-refractivity contribution is 0.0610. The number of piperazine rings is 1. The predicted molar refractivity (Wildman–Crippen MR) is 137 cm³/mol. The molecule has 180 valence electrons. The van der Waals surface area contributed by atoms with Crippen molar-refractivity contribution in [3.63, 3.8) is 0 Å². The van der Waals surface area contributed by atoms with Gasteiger partial charge in [0.25, 0.3) is 0 Å². The summed E-state index contributed by atoms with van der Waals surface area (Å²) in [6, 6.07) is 11.3. The number of piperidine rings is 1. The van der Waals surface area contributed by atoms with Crippen molar-refractivity contribution in [1.82, 2.24) is 19.8 Å². The van der Waals surface area contributed by atoms with E-state index in [2.05, 4.69) is 38.7 Å². The molecule has 6 nitrogen and oxygen atoms in total. The summed E-state index contributed by atoms with van der Waals surface area (Å²) in [7, 11) is 0. The van der Waals surface area contributed by atoms with Crippen molar-refractivity contribution in [2.24, 2.45) is 0 Å². The lowest BCUT2D eigenvalue weighted by atomic mass is 9.98. The Morgan fingerprint density at radius 3 is 2.50 bits per heavy atom. The number of nitrogens with zero attached hydrogens (tertiary/aromatic N) is 5. The molecule has 0 bridgehead atoms. The molecule has 0 spiro atoms. The van der Waals surface area contributed by atoms with Crippen molar-refractivity contribution < 1.29 is 4.42 Å². The molecule has 4 heterocycles. The van der Waals surface area contributed by atoms with E-state index in [1.165, 1.54) is 24.8 Å². The van der Waals surface area contributed by atoms with Crippen molar-refractivity contribution in [2.45, 2.75) is 44.8 Å². The summed E-state index contributed by atoms with van der Waals surface area (Å²) in [6.07, 6.45) is 8.48. The van der Waals surface area contributed by atoms with E-state index in [-0.39, 0.29) is 0 Å². The standard InChI is InChI=1S/C26H31Cl2N5O/c1-2-22-17-32(26-24(28)13-20(14-30-26)25-15-29-18-34-25)11-12-33(22)23-7-9-31(10-8-23)16-19-3-5-21(27)6-4-19/h3-6,13-15,18,22-23H,2,7-12,16-17H2,1H3/t22-/m0/s1. The molecule has 2 fully saturated rings. The van der Waals surface area contributed by atoms with E-state index >= 15 is 0 Å². The van der Waals surface area contributed by atoms with Crippen LogP contribution in [0, 0.1) is 0 Å². The number of anilines is 1. The van der Waals surface area contributed by atoms with Crippen LogP contribution in [0.5, 0.6) is 0 Å². The maximum Gasteiger partial charge on any atom is 0.181 e. The Bertz CT molecular complexity index is 1070. The van der Waals surface area contributed by atoms with E-state index in [1.807, 2.05) is 24.4 Å².